The van der Waals surface area contributed by atoms with Gasteiger partial charge >= 0.3 is 6.03 Å². The number of hydrogen-bond donors (Lipinski definition) is 3. The molecule has 24 heavy (non-hydrogen) atoms. The predicted octanol–water partition coefficient (Wildman–Crippen LogP) is 3.58. The van der Waals surface area contributed by atoms with Gasteiger partial charge in [0.1, 0.15) is 6.04 Å². The van der Waals surface area contributed by atoms with Gasteiger partial charge in [0.25, 0.3) is 0 Å². The number of primary amides is 1. The molecule has 4 N–H and O–H groups in total. The Hall–Kier alpha value is -2.08. The Morgan fingerprint density at radius 3 is 2.33 bits per heavy atom. The van der Waals surface area contributed by atoms with Crippen LogP contribution in [0.2, 0.25) is 10.0 Å². The van der Waals surface area contributed by atoms with Crippen molar-refractivity contribution in [3.05, 3.63) is 69.7 Å². The van der Waals surface area contributed by atoms with Crippen LogP contribution in [-0.4, -0.2) is 11.9 Å². The lowest BCUT2D eigenvalue weighted by molar-refractivity contribution is -0.122. The number of carbonyl (C=O) groups excluding carboxylic acids is 2. The first-order valence-electron chi connectivity index (χ1n) is 7.24. The number of hydrogen-bond acceptors (Lipinski definition) is 3. The fourth-order valence-electron chi connectivity index (χ4n) is 2.35. The van der Waals surface area contributed by atoms with Gasteiger partial charge in [0.2, 0.25) is 5.91 Å². The molecule has 3 amide bonds. The lowest BCUT2D eigenvalue weighted by Gasteiger charge is -2.23. The molecule has 0 bridgehead atoms. The number of urea groups is 1. The highest BCUT2D eigenvalue weighted by Crippen LogP contribution is 2.28. The first-order valence-corrected chi connectivity index (χ1v) is 8.00. The van der Waals surface area contributed by atoms with Crippen LogP contribution in [0.15, 0.2) is 48.5 Å². The van der Waals surface area contributed by atoms with E-state index in [9.17, 15) is 9.59 Å². The molecule has 0 aromatic heterocycles. The highest BCUT2D eigenvalue weighted by atomic mass is 35.5. The molecule has 7 heteroatoms. The van der Waals surface area contributed by atoms with Gasteiger partial charge in [-0.3, -0.25) is 15.4 Å². The lowest BCUT2D eigenvalue weighted by Crippen LogP contribution is -2.43. The lowest BCUT2D eigenvalue weighted by atomic mass is 10.0. The maximum Gasteiger partial charge on any atom is 0.318 e. The molecule has 2 aromatic carbocycles. The Bertz CT molecular complexity index is 738. The average molecular weight is 366 g/mol. The van der Waals surface area contributed by atoms with E-state index in [-0.39, 0.29) is 6.04 Å². The van der Waals surface area contributed by atoms with Gasteiger partial charge in [0.15, 0.2) is 0 Å². The largest absolute Gasteiger partial charge is 0.351 e. The molecule has 0 radical (unpaired) electrons. The van der Waals surface area contributed by atoms with Gasteiger partial charge in [-0.1, -0.05) is 59.6 Å². The molecular weight excluding hydrogens is 349 g/mol. The highest BCUT2D eigenvalue weighted by molar-refractivity contribution is 6.35. The third kappa shape index (κ3) is 4.71. The summed E-state index contributed by atoms with van der Waals surface area (Å²) in [5.74, 6) is -0.536. The highest BCUT2D eigenvalue weighted by Gasteiger charge is 2.24. The molecule has 0 aliphatic heterocycles. The molecule has 126 valence electrons. The monoisotopic (exact) mass is 365 g/mol. The quantitative estimate of drug-likeness (QED) is 0.756. The minimum atomic E-state index is -0.903. The molecule has 2 aromatic rings. The van der Waals surface area contributed by atoms with Crippen LogP contribution in [0.25, 0.3) is 0 Å². The standard InChI is InChI=1S/C17H17Cl2N3O2/c1-10(13-8-7-12(18)9-14(13)19)21-15(16(23)22-17(20)24)11-5-3-2-4-6-11/h2-10,15,21H,1H3,(H3,20,22,23,24)/t10-,15-/m0/s1. The van der Waals surface area contributed by atoms with Gasteiger partial charge in [-0.25, -0.2) is 4.79 Å². The van der Waals surface area contributed by atoms with Crippen molar-refractivity contribution in [3.63, 3.8) is 0 Å². The maximum absolute atomic E-state index is 12.3. The Labute approximate surface area is 150 Å². The van der Waals surface area contributed by atoms with Crippen molar-refractivity contribution >= 4 is 35.1 Å². The molecule has 2 rings (SSSR count). The third-order valence-corrected chi connectivity index (χ3v) is 4.05. The predicted molar refractivity (Wildman–Crippen MR) is 94.9 cm³/mol. The molecule has 5 nitrogen and oxygen atoms in total. The topological polar surface area (TPSA) is 84.2 Å². The molecule has 0 saturated heterocycles. The summed E-state index contributed by atoms with van der Waals surface area (Å²) in [5, 5.41) is 6.29. The van der Waals surface area contributed by atoms with Crippen LogP contribution < -0.4 is 16.4 Å². The van der Waals surface area contributed by atoms with E-state index in [0.717, 1.165) is 5.56 Å². The molecular formula is C17H17Cl2N3O2. The summed E-state index contributed by atoms with van der Waals surface area (Å²) in [5.41, 5.74) is 6.55. The molecule has 0 heterocycles. The fourth-order valence-corrected chi connectivity index (χ4v) is 2.93. The van der Waals surface area contributed by atoms with Gasteiger partial charge in [-0.15, -0.1) is 0 Å². The van der Waals surface area contributed by atoms with E-state index in [1.54, 1.807) is 30.3 Å². The van der Waals surface area contributed by atoms with Gasteiger partial charge in [-0.05, 0) is 30.2 Å². The fraction of sp³-hybridized carbons (Fsp3) is 0.176. The average Bonchev–Trinajstić information content (AvgIpc) is 2.52. The minimum absolute atomic E-state index is 0.265. The van der Waals surface area contributed by atoms with Gasteiger partial charge in [0, 0.05) is 16.1 Å². The van der Waals surface area contributed by atoms with Gasteiger partial charge < -0.3 is 5.73 Å². The van der Waals surface area contributed by atoms with E-state index < -0.39 is 18.0 Å². The number of halogens is 2. The number of nitrogens with one attached hydrogen (secondary N) is 2. The summed E-state index contributed by atoms with van der Waals surface area (Å²) in [7, 11) is 0. The molecule has 2 atom stereocenters. The summed E-state index contributed by atoms with van der Waals surface area (Å²) in [6.07, 6.45) is 0. The normalized spacial score (nSPS) is 13.1. The van der Waals surface area contributed by atoms with Crippen molar-refractivity contribution < 1.29 is 9.59 Å². The summed E-state index contributed by atoms with van der Waals surface area (Å²) in [6.45, 7) is 1.86. The van der Waals surface area contributed by atoms with Crippen LogP contribution in [0, 0.1) is 0 Å². The SMILES string of the molecule is C[C@H](N[C@H](C(=O)NC(N)=O)c1ccccc1)c1ccc(Cl)cc1Cl. The number of imide groups is 1. The van der Waals surface area contributed by atoms with E-state index in [4.69, 9.17) is 28.9 Å². The first-order chi connectivity index (χ1) is 11.4. The summed E-state index contributed by atoms with van der Waals surface area (Å²) in [4.78, 5) is 23.4. The molecule has 0 unspecified atom stereocenters. The Morgan fingerprint density at radius 1 is 1.08 bits per heavy atom. The van der Waals surface area contributed by atoms with Crippen molar-refractivity contribution in [3.8, 4) is 0 Å². The van der Waals surface area contributed by atoms with Crippen molar-refractivity contribution in [2.24, 2.45) is 5.73 Å². The third-order valence-electron chi connectivity index (χ3n) is 3.49. The van der Waals surface area contributed by atoms with Crippen LogP contribution >= 0.6 is 23.2 Å². The minimum Gasteiger partial charge on any atom is -0.351 e. The first kappa shape index (κ1) is 18.3. The Balaban J connectivity index is 2.27. The van der Waals surface area contributed by atoms with Crippen molar-refractivity contribution in [1.29, 1.82) is 0 Å². The van der Waals surface area contributed by atoms with Crippen molar-refractivity contribution in [2.45, 2.75) is 19.0 Å². The second-order valence-electron chi connectivity index (χ2n) is 5.25. The number of carbonyl (C=O) groups is 2. The summed E-state index contributed by atoms with van der Waals surface area (Å²) in [6, 6.07) is 12.2. The molecule has 0 aliphatic rings. The zero-order chi connectivity index (χ0) is 17.7. The Kier molecular flexibility index (Phi) is 6.20. The number of amides is 3. The Morgan fingerprint density at radius 2 is 1.75 bits per heavy atom. The summed E-state index contributed by atoms with van der Waals surface area (Å²) < 4.78 is 0. The molecule has 0 saturated carbocycles. The van der Waals surface area contributed by atoms with Crippen molar-refractivity contribution in [2.75, 3.05) is 0 Å². The van der Waals surface area contributed by atoms with Crippen LogP contribution in [0.5, 0.6) is 0 Å². The van der Waals surface area contributed by atoms with Crippen LogP contribution in [0.4, 0.5) is 4.79 Å². The molecule has 0 spiro atoms. The van der Waals surface area contributed by atoms with E-state index in [1.165, 1.54) is 0 Å². The van der Waals surface area contributed by atoms with E-state index in [2.05, 4.69) is 10.6 Å². The van der Waals surface area contributed by atoms with E-state index in [1.807, 2.05) is 25.1 Å². The van der Waals surface area contributed by atoms with Crippen molar-refractivity contribution in [1.82, 2.24) is 10.6 Å². The molecule has 0 aliphatic carbocycles. The van der Waals surface area contributed by atoms with Crippen LogP contribution in [0.3, 0.4) is 0 Å². The van der Waals surface area contributed by atoms with E-state index >= 15 is 0 Å². The zero-order valence-corrected chi connectivity index (χ0v) is 14.4. The second kappa shape index (κ2) is 8.15. The van der Waals surface area contributed by atoms with Crippen LogP contribution in [-0.2, 0) is 4.79 Å². The van der Waals surface area contributed by atoms with Gasteiger partial charge in [0.05, 0.1) is 0 Å². The van der Waals surface area contributed by atoms with E-state index in [0.29, 0.717) is 15.6 Å². The number of nitrogens with two attached hydrogens (primary N) is 1. The summed E-state index contributed by atoms with van der Waals surface area (Å²) >= 11 is 12.1. The van der Waals surface area contributed by atoms with Crippen LogP contribution in [0.1, 0.15) is 30.1 Å². The zero-order valence-electron chi connectivity index (χ0n) is 12.9. The smallest absolute Gasteiger partial charge is 0.318 e. The van der Waals surface area contributed by atoms with Gasteiger partial charge in [-0.2, -0.15) is 0 Å². The maximum atomic E-state index is 12.3. The number of rotatable bonds is 5. The number of benzene rings is 2. The molecule has 0 fully saturated rings. The second-order valence-corrected chi connectivity index (χ2v) is 6.10.